The van der Waals surface area contributed by atoms with E-state index in [1.165, 1.54) is 11.6 Å². The molecule has 4 rings (SSSR count). The van der Waals surface area contributed by atoms with Crippen LogP contribution in [0.5, 0.6) is 5.75 Å². The highest BCUT2D eigenvalue weighted by molar-refractivity contribution is 5.87. The van der Waals surface area contributed by atoms with Crippen LogP contribution in [0.15, 0.2) is 42.5 Å². The molecule has 2 aliphatic rings. The summed E-state index contributed by atoms with van der Waals surface area (Å²) in [6, 6.07) is 12.7. The van der Waals surface area contributed by atoms with Crippen molar-refractivity contribution in [3.8, 4) is 5.75 Å². The van der Waals surface area contributed by atoms with Crippen molar-refractivity contribution < 1.29 is 13.9 Å². The molecule has 25 heavy (non-hydrogen) atoms. The highest BCUT2D eigenvalue weighted by Crippen LogP contribution is 2.43. The average molecular weight is 339 g/mol. The molecule has 1 fully saturated rings. The summed E-state index contributed by atoms with van der Waals surface area (Å²) < 4.78 is 18.6. The van der Waals surface area contributed by atoms with Crippen LogP contribution in [0.2, 0.25) is 0 Å². The summed E-state index contributed by atoms with van der Waals surface area (Å²) in [4.78, 5) is 14.9. The normalized spacial score (nSPS) is 21.8. The van der Waals surface area contributed by atoms with Crippen LogP contribution in [0.1, 0.15) is 29.0 Å². The molecular formula is C21H22FNO2. The molecule has 1 heterocycles. The maximum absolute atomic E-state index is 13.3. The van der Waals surface area contributed by atoms with Crippen LogP contribution in [0.3, 0.4) is 0 Å². The molecule has 4 heteroatoms. The van der Waals surface area contributed by atoms with Gasteiger partial charge in [-0.1, -0.05) is 18.2 Å². The first-order valence-corrected chi connectivity index (χ1v) is 8.86. The third-order valence-electron chi connectivity index (χ3n) is 5.53. The van der Waals surface area contributed by atoms with Crippen molar-refractivity contribution in [1.29, 1.82) is 0 Å². The monoisotopic (exact) mass is 339 g/mol. The number of amides is 1. The first kappa shape index (κ1) is 16.1. The Morgan fingerprint density at radius 2 is 2.12 bits per heavy atom. The molecule has 0 saturated carbocycles. The first-order valence-electron chi connectivity index (χ1n) is 8.86. The van der Waals surface area contributed by atoms with Crippen molar-refractivity contribution in [3.05, 3.63) is 65.0 Å². The molecule has 1 saturated heterocycles. The number of ether oxygens (including phenoxy) is 1. The fourth-order valence-corrected chi connectivity index (χ4v) is 4.25. The average Bonchev–Trinajstić information content (AvgIpc) is 2.96. The van der Waals surface area contributed by atoms with Gasteiger partial charge in [0.1, 0.15) is 11.6 Å². The highest BCUT2D eigenvalue weighted by Gasteiger charge is 2.43. The van der Waals surface area contributed by atoms with Gasteiger partial charge in [0.15, 0.2) is 0 Å². The zero-order chi connectivity index (χ0) is 17.4. The fraction of sp³-hybridized carbons (Fsp3) is 0.381. The van der Waals surface area contributed by atoms with E-state index in [1.54, 1.807) is 19.2 Å². The summed E-state index contributed by atoms with van der Waals surface area (Å²) in [7, 11) is 1.67. The number of carbonyl (C=O) groups excluding carboxylic acids is 1. The van der Waals surface area contributed by atoms with Gasteiger partial charge in [-0.25, -0.2) is 4.39 Å². The second-order valence-electron chi connectivity index (χ2n) is 7.01. The van der Waals surface area contributed by atoms with Gasteiger partial charge in [0.25, 0.3) is 0 Å². The molecule has 0 unspecified atom stereocenters. The minimum atomic E-state index is -0.221. The maximum atomic E-state index is 13.3. The molecule has 0 bridgehead atoms. The third kappa shape index (κ3) is 3.01. The Labute approximate surface area is 147 Å². The van der Waals surface area contributed by atoms with Crippen molar-refractivity contribution in [2.45, 2.75) is 25.2 Å². The van der Waals surface area contributed by atoms with Crippen LogP contribution in [0, 0.1) is 11.7 Å². The smallest absolute Gasteiger partial charge is 0.230 e. The zero-order valence-electron chi connectivity index (χ0n) is 14.4. The van der Waals surface area contributed by atoms with Gasteiger partial charge in [-0.3, -0.25) is 4.79 Å². The Bertz CT molecular complexity index is 804. The van der Waals surface area contributed by atoms with E-state index < -0.39 is 0 Å². The van der Waals surface area contributed by atoms with Gasteiger partial charge in [-0.05, 0) is 66.1 Å². The molecule has 2 aromatic carbocycles. The quantitative estimate of drug-likeness (QED) is 0.852. The van der Waals surface area contributed by atoms with Gasteiger partial charge in [0, 0.05) is 13.1 Å². The Hall–Kier alpha value is -2.36. The number of halogens is 1. The topological polar surface area (TPSA) is 29.5 Å². The lowest BCUT2D eigenvalue weighted by Gasteiger charge is -2.26. The number of rotatable bonds is 4. The number of fused-ring (bicyclic) bond motifs is 3. The van der Waals surface area contributed by atoms with Gasteiger partial charge in [-0.15, -0.1) is 0 Å². The molecule has 130 valence electrons. The van der Waals surface area contributed by atoms with Crippen LogP contribution in [-0.2, 0) is 17.6 Å². The van der Waals surface area contributed by atoms with Crippen LogP contribution in [-0.4, -0.2) is 31.0 Å². The molecule has 0 spiro atoms. The SMILES string of the molecule is COc1ccc2c(c1)CC[C@H]1CN(CCc3cccc(F)c3)C(=O)[C@@H]21. The van der Waals surface area contributed by atoms with Gasteiger partial charge < -0.3 is 9.64 Å². The molecule has 2 atom stereocenters. The van der Waals surface area contributed by atoms with Crippen LogP contribution >= 0.6 is 0 Å². The van der Waals surface area contributed by atoms with Gasteiger partial charge in [-0.2, -0.15) is 0 Å². The molecule has 0 radical (unpaired) electrons. The van der Waals surface area contributed by atoms with E-state index in [4.69, 9.17) is 4.74 Å². The molecule has 0 aromatic heterocycles. The Morgan fingerprint density at radius 3 is 2.92 bits per heavy atom. The van der Waals surface area contributed by atoms with Crippen molar-refractivity contribution in [3.63, 3.8) is 0 Å². The summed E-state index contributed by atoms with van der Waals surface area (Å²) in [6.07, 6.45) is 2.73. The van der Waals surface area contributed by atoms with E-state index in [9.17, 15) is 9.18 Å². The third-order valence-corrected chi connectivity index (χ3v) is 5.53. The molecule has 3 nitrogen and oxygen atoms in total. The highest BCUT2D eigenvalue weighted by atomic mass is 19.1. The Balaban J connectivity index is 1.50. The van der Waals surface area contributed by atoms with Gasteiger partial charge in [0.05, 0.1) is 13.0 Å². The van der Waals surface area contributed by atoms with E-state index >= 15 is 0 Å². The fourth-order valence-electron chi connectivity index (χ4n) is 4.25. The number of hydrogen-bond acceptors (Lipinski definition) is 2. The second-order valence-corrected chi connectivity index (χ2v) is 7.01. The maximum Gasteiger partial charge on any atom is 0.230 e. The van der Waals surface area contributed by atoms with Crippen LogP contribution in [0.25, 0.3) is 0 Å². The number of hydrogen-bond donors (Lipinski definition) is 0. The van der Waals surface area contributed by atoms with E-state index in [0.29, 0.717) is 18.9 Å². The lowest BCUT2D eigenvalue weighted by Crippen LogP contribution is -2.29. The van der Waals surface area contributed by atoms with E-state index in [0.717, 1.165) is 36.3 Å². The van der Waals surface area contributed by atoms with Crippen molar-refractivity contribution in [2.24, 2.45) is 5.92 Å². The summed E-state index contributed by atoms with van der Waals surface area (Å²) in [6.45, 7) is 1.46. The van der Waals surface area contributed by atoms with Crippen LogP contribution in [0.4, 0.5) is 4.39 Å². The van der Waals surface area contributed by atoms with E-state index in [2.05, 4.69) is 12.1 Å². The molecule has 1 amide bonds. The van der Waals surface area contributed by atoms with Gasteiger partial charge in [0.2, 0.25) is 5.91 Å². The largest absolute Gasteiger partial charge is 0.497 e. The summed E-state index contributed by atoms with van der Waals surface area (Å²) in [5.41, 5.74) is 3.34. The number of likely N-dealkylation sites (tertiary alicyclic amines) is 1. The summed E-state index contributed by atoms with van der Waals surface area (Å²) in [5, 5.41) is 0. The standard InChI is InChI=1S/C21H22FNO2/c1-25-18-7-8-19-15(12-18)5-6-16-13-23(21(24)20(16)19)10-9-14-3-2-4-17(22)11-14/h2-4,7-8,11-12,16,20H,5-6,9-10,13H2,1H3/t16-,20+/m0/s1. The number of benzene rings is 2. The van der Waals surface area contributed by atoms with Crippen molar-refractivity contribution in [1.82, 2.24) is 4.90 Å². The molecule has 0 N–H and O–H groups in total. The zero-order valence-corrected chi connectivity index (χ0v) is 14.4. The summed E-state index contributed by atoms with van der Waals surface area (Å²) >= 11 is 0. The Morgan fingerprint density at radius 1 is 1.24 bits per heavy atom. The second kappa shape index (κ2) is 6.51. The lowest BCUT2D eigenvalue weighted by atomic mass is 9.77. The predicted octanol–water partition coefficient (Wildman–Crippen LogP) is 3.57. The number of aryl methyl sites for hydroxylation is 1. The molecular weight excluding hydrogens is 317 g/mol. The van der Waals surface area contributed by atoms with Crippen molar-refractivity contribution >= 4 is 5.91 Å². The molecule has 1 aliphatic heterocycles. The summed E-state index contributed by atoms with van der Waals surface area (Å²) in [5.74, 6) is 1.21. The molecule has 1 aliphatic carbocycles. The number of nitrogens with zero attached hydrogens (tertiary/aromatic N) is 1. The van der Waals surface area contributed by atoms with Gasteiger partial charge >= 0.3 is 0 Å². The minimum Gasteiger partial charge on any atom is -0.497 e. The molecule has 2 aromatic rings. The van der Waals surface area contributed by atoms with E-state index in [1.807, 2.05) is 17.0 Å². The van der Waals surface area contributed by atoms with Crippen molar-refractivity contribution in [2.75, 3.05) is 20.2 Å². The minimum absolute atomic E-state index is 0.0258. The Kier molecular flexibility index (Phi) is 4.20. The van der Waals surface area contributed by atoms with E-state index in [-0.39, 0.29) is 17.6 Å². The number of carbonyl (C=O) groups is 1. The first-order chi connectivity index (χ1) is 12.2. The van der Waals surface area contributed by atoms with Crippen LogP contribution < -0.4 is 4.74 Å². The lowest BCUT2D eigenvalue weighted by molar-refractivity contribution is -0.129. The predicted molar refractivity (Wildman–Crippen MR) is 94.2 cm³/mol. The number of methoxy groups -OCH3 is 1.